The average Bonchev–Trinajstić information content (AvgIpc) is 2.99. The minimum Gasteiger partial charge on any atom is -0.362 e. The van der Waals surface area contributed by atoms with Crippen LogP contribution in [0.1, 0.15) is 11.1 Å². The van der Waals surface area contributed by atoms with E-state index in [1.165, 1.54) is 22.0 Å². The quantitative estimate of drug-likeness (QED) is 0.609. The Morgan fingerprint density at radius 1 is 0.870 bits per heavy atom. The van der Waals surface area contributed by atoms with Crippen molar-refractivity contribution >= 4 is 28.2 Å². The van der Waals surface area contributed by atoms with Gasteiger partial charge in [-0.3, -0.25) is 0 Å². The van der Waals surface area contributed by atoms with Gasteiger partial charge in [-0.15, -0.1) is 0 Å². The summed E-state index contributed by atoms with van der Waals surface area (Å²) in [4.78, 5) is 3.30. The van der Waals surface area contributed by atoms with Crippen LogP contribution in [-0.2, 0) is 12.8 Å². The van der Waals surface area contributed by atoms with Crippen LogP contribution in [0.4, 0.5) is 0 Å². The number of thiocarbonyl (C=S) groups is 1. The lowest BCUT2D eigenvalue weighted by atomic mass is 10.1. The fourth-order valence-electron chi connectivity index (χ4n) is 2.68. The van der Waals surface area contributed by atoms with Gasteiger partial charge in [0.1, 0.15) is 0 Å². The highest BCUT2D eigenvalue weighted by molar-refractivity contribution is 7.80. The molecule has 3 aromatic rings. The number of nitrogens with one attached hydrogen (secondary N) is 3. The molecule has 3 rings (SSSR count). The Hall–Kier alpha value is -2.33. The topological polar surface area (TPSA) is 39.8 Å². The van der Waals surface area contributed by atoms with E-state index in [4.69, 9.17) is 12.2 Å². The summed E-state index contributed by atoms with van der Waals surface area (Å²) in [5.74, 6) is 0. The number of rotatable bonds is 6. The summed E-state index contributed by atoms with van der Waals surface area (Å²) in [6.45, 7) is 1.68. The first-order chi connectivity index (χ1) is 11.3. The molecule has 0 saturated heterocycles. The van der Waals surface area contributed by atoms with E-state index in [1.54, 1.807) is 0 Å². The number of hydrogen-bond donors (Lipinski definition) is 3. The molecule has 3 N–H and O–H groups in total. The zero-order valence-corrected chi connectivity index (χ0v) is 13.8. The molecule has 0 atom stereocenters. The van der Waals surface area contributed by atoms with Gasteiger partial charge in [0.15, 0.2) is 5.11 Å². The molecule has 0 radical (unpaired) electrons. The maximum absolute atomic E-state index is 5.33. The SMILES string of the molecule is S=C(NCCc1ccccc1)NCCc1c[nH]c2ccccc12. The monoisotopic (exact) mass is 323 g/mol. The standard InChI is InChI=1S/C19H21N3S/c23-19(20-12-10-15-6-2-1-3-7-15)21-13-11-16-14-22-18-9-5-4-8-17(16)18/h1-9,14,22H,10-13H2,(H2,20,21,23). The van der Waals surface area contributed by atoms with Crippen molar-refractivity contribution in [2.24, 2.45) is 0 Å². The third kappa shape index (κ3) is 4.33. The Balaban J connectivity index is 1.39. The van der Waals surface area contributed by atoms with Crippen LogP contribution < -0.4 is 10.6 Å². The smallest absolute Gasteiger partial charge is 0.166 e. The minimum absolute atomic E-state index is 0.723. The van der Waals surface area contributed by atoms with E-state index in [0.29, 0.717) is 0 Å². The van der Waals surface area contributed by atoms with Gasteiger partial charge in [0.05, 0.1) is 0 Å². The number of hydrogen-bond acceptors (Lipinski definition) is 1. The molecule has 0 aliphatic carbocycles. The number of fused-ring (bicyclic) bond motifs is 1. The van der Waals surface area contributed by atoms with Gasteiger partial charge in [-0.2, -0.15) is 0 Å². The zero-order chi connectivity index (χ0) is 15.9. The fraction of sp³-hybridized carbons (Fsp3) is 0.211. The van der Waals surface area contributed by atoms with Crippen LogP contribution in [0.25, 0.3) is 10.9 Å². The van der Waals surface area contributed by atoms with Gasteiger partial charge < -0.3 is 15.6 Å². The van der Waals surface area contributed by atoms with Crippen molar-refractivity contribution < 1.29 is 0 Å². The average molecular weight is 323 g/mol. The molecule has 0 saturated carbocycles. The molecule has 1 aromatic heterocycles. The summed E-state index contributed by atoms with van der Waals surface area (Å²) < 4.78 is 0. The van der Waals surface area contributed by atoms with E-state index < -0.39 is 0 Å². The van der Waals surface area contributed by atoms with Crippen molar-refractivity contribution in [2.75, 3.05) is 13.1 Å². The molecule has 0 aliphatic heterocycles. The lowest BCUT2D eigenvalue weighted by Gasteiger charge is -2.10. The highest BCUT2D eigenvalue weighted by atomic mass is 32.1. The second-order valence-corrected chi connectivity index (χ2v) is 5.94. The third-order valence-electron chi connectivity index (χ3n) is 3.90. The molecule has 0 fully saturated rings. The van der Waals surface area contributed by atoms with E-state index in [0.717, 1.165) is 31.0 Å². The second-order valence-electron chi connectivity index (χ2n) is 5.53. The van der Waals surface area contributed by atoms with Crippen molar-refractivity contribution in [1.29, 1.82) is 0 Å². The predicted octanol–water partition coefficient (Wildman–Crippen LogP) is 3.42. The van der Waals surface area contributed by atoms with Crippen LogP contribution in [0.2, 0.25) is 0 Å². The lowest BCUT2D eigenvalue weighted by molar-refractivity contribution is 0.804. The minimum atomic E-state index is 0.723. The summed E-state index contributed by atoms with van der Waals surface area (Å²) in [6.07, 6.45) is 4.01. The molecule has 2 aromatic carbocycles. The number of benzene rings is 2. The zero-order valence-electron chi connectivity index (χ0n) is 13.0. The molecule has 23 heavy (non-hydrogen) atoms. The fourth-order valence-corrected chi connectivity index (χ4v) is 2.88. The highest BCUT2D eigenvalue weighted by Crippen LogP contribution is 2.17. The van der Waals surface area contributed by atoms with Crippen molar-refractivity contribution in [3.8, 4) is 0 Å². The van der Waals surface area contributed by atoms with Crippen molar-refractivity contribution in [3.05, 3.63) is 71.9 Å². The first kappa shape index (κ1) is 15.6. The summed E-state index contributed by atoms with van der Waals surface area (Å²) in [5.41, 5.74) is 3.83. The Morgan fingerprint density at radius 3 is 2.39 bits per heavy atom. The predicted molar refractivity (Wildman–Crippen MR) is 101 cm³/mol. The van der Waals surface area contributed by atoms with E-state index in [1.807, 2.05) is 12.1 Å². The summed E-state index contributed by atoms with van der Waals surface area (Å²) in [7, 11) is 0. The molecule has 0 spiro atoms. The van der Waals surface area contributed by atoms with Crippen LogP contribution in [0.15, 0.2) is 60.8 Å². The molecule has 0 aliphatic rings. The Morgan fingerprint density at radius 2 is 1.57 bits per heavy atom. The second kappa shape index (κ2) is 7.79. The number of H-pyrrole nitrogens is 1. The van der Waals surface area contributed by atoms with E-state index >= 15 is 0 Å². The molecule has 3 nitrogen and oxygen atoms in total. The van der Waals surface area contributed by atoms with Gasteiger partial charge in [0.2, 0.25) is 0 Å². The van der Waals surface area contributed by atoms with Crippen LogP contribution in [0.3, 0.4) is 0 Å². The first-order valence-corrected chi connectivity index (χ1v) is 8.34. The summed E-state index contributed by atoms with van der Waals surface area (Å²) >= 11 is 5.33. The molecule has 118 valence electrons. The van der Waals surface area contributed by atoms with Gasteiger partial charge in [0, 0.05) is 30.2 Å². The Bertz CT molecular complexity index is 764. The Kier molecular flexibility index (Phi) is 5.27. The van der Waals surface area contributed by atoms with Gasteiger partial charge in [-0.1, -0.05) is 48.5 Å². The molecular formula is C19H21N3S. The number of aromatic amines is 1. The molecule has 4 heteroatoms. The van der Waals surface area contributed by atoms with Crippen molar-refractivity contribution in [1.82, 2.24) is 15.6 Å². The van der Waals surface area contributed by atoms with E-state index in [9.17, 15) is 0 Å². The van der Waals surface area contributed by atoms with Gasteiger partial charge in [-0.25, -0.2) is 0 Å². The number of aromatic nitrogens is 1. The summed E-state index contributed by atoms with van der Waals surface area (Å²) in [5, 5.41) is 8.55. The first-order valence-electron chi connectivity index (χ1n) is 7.93. The largest absolute Gasteiger partial charge is 0.362 e. The van der Waals surface area contributed by atoms with Gasteiger partial charge in [0.25, 0.3) is 0 Å². The molecule has 1 heterocycles. The molecule has 0 bridgehead atoms. The van der Waals surface area contributed by atoms with Gasteiger partial charge in [-0.05, 0) is 42.3 Å². The van der Waals surface area contributed by atoms with Crippen LogP contribution in [-0.4, -0.2) is 23.2 Å². The summed E-state index contributed by atoms with van der Waals surface area (Å²) in [6, 6.07) is 18.8. The highest BCUT2D eigenvalue weighted by Gasteiger charge is 2.03. The number of para-hydroxylation sites is 1. The third-order valence-corrected chi connectivity index (χ3v) is 4.19. The maximum atomic E-state index is 5.33. The van der Waals surface area contributed by atoms with E-state index in [-0.39, 0.29) is 0 Å². The van der Waals surface area contributed by atoms with Crippen LogP contribution >= 0.6 is 12.2 Å². The molecular weight excluding hydrogens is 302 g/mol. The van der Waals surface area contributed by atoms with Crippen molar-refractivity contribution in [3.63, 3.8) is 0 Å². The van der Waals surface area contributed by atoms with Crippen LogP contribution in [0, 0.1) is 0 Å². The molecule has 0 unspecified atom stereocenters. The Labute approximate surface area is 142 Å². The lowest BCUT2D eigenvalue weighted by Crippen LogP contribution is -2.37. The van der Waals surface area contributed by atoms with Crippen molar-refractivity contribution in [2.45, 2.75) is 12.8 Å². The normalized spacial score (nSPS) is 10.6. The van der Waals surface area contributed by atoms with Gasteiger partial charge >= 0.3 is 0 Å². The van der Waals surface area contributed by atoms with E-state index in [2.05, 4.69) is 64.3 Å². The maximum Gasteiger partial charge on any atom is 0.166 e. The molecule has 0 amide bonds. The van der Waals surface area contributed by atoms with Crippen LogP contribution in [0.5, 0.6) is 0 Å².